The number of halogens is 3. The molecule has 1 aliphatic rings. The zero-order chi connectivity index (χ0) is 13.9. The Balaban J connectivity index is 0.00000200. The van der Waals surface area contributed by atoms with Crippen LogP contribution in [0, 0.1) is 0 Å². The van der Waals surface area contributed by atoms with Crippen molar-refractivity contribution in [3.8, 4) is 0 Å². The minimum absolute atomic E-state index is 0. The summed E-state index contributed by atoms with van der Waals surface area (Å²) in [6, 6.07) is 6.19. The molecule has 0 heterocycles. The molecule has 4 heteroatoms. The van der Waals surface area contributed by atoms with E-state index >= 15 is 0 Å². The first kappa shape index (κ1) is 18.1. The van der Waals surface area contributed by atoms with E-state index in [4.69, 9.17) is 23.2 Å². The topological polar surface area (TPSA) is 3.24 Å². The van der Waals surface area contributed by atoms with E-state index in [1.54, 1.807) is 0 Å². The van der Waals surface area contributed by atoms with E-state index in [1.807, 2.05) is 6.07 Å². The maximum Gasteiger partial charge on any atom is 0.0595 e. The first-order valence-corrected chi connectivity index (χ1v) is 7.89. The average Bonchev–Trinajstić information content (AvgIpc) is 2.31. The van der Waals surface area contributed by atoms with Gasteiger partial charge >= 0.3 is 0 Å². The van der Waals surface area contributed by atoms with Crippen LogP contribution in [0.4, 0.5) is 0 Å². The molecule has 1 saturated carbocycles. The van der Waals surface area contributed by atoms with Crippen LogP contribution in [0.5, 0.6) is 0 Å². The Hall–Kier alpha value is 0.0500. The van der Waals surface area contributed by atoms with Crippen LogP contribution >= 0.6 is 35.6 Å². The van der Waals surface area contributed by atoms with Crippen LogP contribution < -0.4 is 0 Å². The van der Waals surface area contributed by atoms with Crippen LogP contribution in [0.15, 0.2) is 18.2 Å². The standard InChI is InChI=1S/C16H23Cl2N.ClH/c1-19(2)11-4-3-8-16(9-5-10-16)13-6-7-14(17)15(18)12-13;/h6-7,12H,3-5,8-11H2,1-2H3;1H. The molecular formula is C16H24Cl3N. The highest BCUT2D eigenvalue weighted by molar-refractivity contribution is 6.42. The summed E-state index contributed by atoms with van der Waals surface area (Å²) in [5.41, 5.74) is 1.76. The zero-order valence-electron chi connectivity index (χ0n) is 12.3. The van der Waals surface area contributed by atoms with Gasteiger partial charge in [0.05, 0.1) is 10.0 Å². The molecule has 1 aromatic carbocycles. The molecule has 0 saturated heterocycles. The second kappa shape index (κ2) is 7.89. The number of rotatable bonds is 6. The molecule has 2 rings (SSSR count). The first-order valence-electron chi connectivity index (χ1n) is 7.14. The molecule has 20 heavy (non-hydrogen) atoms. The zero-order valence-corrected chi connectivity index (χ0v) is 14.6. The third-order valence-electron chi connectivity index (χ3n) is 4.35. The Labute approximate surface area is 139 Å². The number of nitrogens with zero attached hydrogens (tertiary/aromatic N) is 1. The van der Waals surface area contributed by atoms with E-state index in [0.29, 0.717) is 15.5 Å². The third-order valence-corrected chi connectivity index (χ3v) is 5.09. The van der Waals surface area contributed by atoms with Crippen LogP contribution in [0.2, 0.25) is 10.0 Å². The number of hydrogen-bond acceptors (Lipinski definition) is 1. The summed E-state index contributed by atoms with van der Waals surface area (Å²) in [4.78, 5) is 2.26. The van der Waals surface area contributed by atoms with Crippen molar-refractivity contribution in [3.63, 3.8) is 0 Å². The molecule has 0 spiro atoms. The van der Waals surface area contributed by atoms with E-state index in [-0.39, 0.29) is 12.4 Å². The molecule has 0 atom stereocenters. The number of hydrogen-bond donors (Lipinski definition) is 0. The second-order valence-corrected chi connectivity index (χ2v) is 6.84. The van der Waals surface area contributed by atoms with Crippen molar-refractivity contribution >= 4 is 35.6 Å². The summed E-state index contributed by atoms with van der Waals surface area (Å²) < 4.78 is 0. The maximum absolute atomic E-state index is 6.17. The van der Waals surface area contributed by atoms with Gasteiger partial charge in [0.2, 0.25) is 0 Å². The van der Waals surface area contributed by atoms with Crippen LogP contribution in [0.1, 0.15) is 44.1 Å². The van der Waals surface area contributed by atoms with Gasteiger partial charge in [0.15, 0.2) is 0 Å². The Morgan fingerprint density at radius 1 is 1.10 bits per heavy atom. The minimum atomic E-state index is 0. The summed E-state index contributed by atoms with van der Waals surface area (Å²) in [7, 11) is 4.27. The molecule has 0 bridgehead atoms. The van der Waals surface area contributed by atoms with E-state index in [2.05, 4.69) is 31.1 Å². The highest BCUT2D eigenvalue weighted by Gasteiger charge is 2.38. The largest absolute Gasteiger partial charge is 0.309 e. The van der Waals surface area contributed by atoms with Gasteiger partial charge in [0.25, 0.3) is 0 Å². The van der Waals surface area contributed by atoms with Crippen LogP contribution in [-0.4, -0.2) is 25.5 Å². The summed E-state index contributed by atoms with van der Waals surface area (Å²) in [5, 5.41) is 1.35. The highest BCUT2D eigenvalue weighted by atomic mass is 35.5. The summed E-state index contributed by atoms with van der Waals surface area (Å²) >= 11 is 12.2. The van der Waals surface area contributed by atoms with E-state index in [1.165, 1.54) is 50.6 Å². The smallest absolute Gasteiger partial charge is 0.0595 e. The molecule has 0 aromatic heterocycles. The van der Waals surface area contributed by atoms with Gasteiger partial charge in [-0.1, -0.05) is 42.1 Å². The molecule has 0 unspecified atom stereocenters. The lowest BCUT2D eigenvalue weighted by molar-refractivity contribution is 0.216. The average molecular weight is 337 g/mol. The van der Waals surface area contributed by atoms with Crippen molar-refractivity contribution < 1.29 is 0 Å². The third kappa shape index (κ3) is 4.27. The molecule has 0 amide bonds. The molecule has 114 valence electrons. The molecule has 0 aliphatic heterocycles. The van der Waals surface area contributed by atoms with Gasteiger partial charge in [-0.3, -0.25) is 0 Å². The van der Waals surface area contributed by atoms with Gasteiger partial charge in [0.1, 0.15) is 0 Å². The van der Waals surface area contributed by atoms with Crippen LogP contribution in [-0.2, 0) is 5.41 Å². The van der Waals surface area contributed by atoms with Crippen molar-refractivity contribution in [2.75, 3.05) is 20.6 Å². The molecule has 1 aromatic rings. The Bertz CT molecular complexity index is 428. The SMILES string of the molecule is CN(C)CCCCC1(c2ccc(Cl)c(Cl)c2)CCC1.Cl. The first-order chi connectivity index (χ1) is 9.03. The lowest BCUT2D eigenvalue weighted by Gasteiger charge is -2.43. The van der Waals surface area contributed by atoms with Gasteiger partial charge < -0.3 is 4.90 Å². The second-order valence-electron chi connectivity index (χ2n) is 6.02. The fourth-order valence-corrected chi connectivity index (χ4v) is 3.30. The lowest BCUT2D eigenvalue weighted by Crippen LogP contribution is -2.34. The normalized spacial score (nSPS) is 16.6. The van der Waals surface area contributed by atoms with Crippen molar-refractivity contribution in [2.45, 2.75) is 43.9 Å². The number of unbranched alkanes of at least 4 members (excludes halogenated alkanes) is 1. The Morgan fingerprint density at radius 3 is 2.30 bits per heavy atom. The lowest BCUT2D eigenvalue weighted by atomic mass is 9.62. The quantitative estimate of drug-likeness (QED) is 0.614. The van der Waals surface area contributed by atoms with E-state index < -0.39 is 0 Å². The predicted octanol–water partition coefficient (Wildman–Crippen LogP) is 5.57. The van der Waals surface area contributed by atoms with Gasteiger partial charge in [-0.25, -0.2) is 0 Å². The summed E-state index contributed by atoms with van der Waals surface area (Å²) in [5.74, 6) is 0. The molecule has 1 nitrogen and oxygen atoms in total. The van der Waals surface area contributed by atoms with Gasteiger partial charge in [-0.15, -0.1) is 12.4 Å². The molecular weight excluding hydrogens is 313 g/mol. The maximum atomic E-state index is 6.17. The molecule has 0 N–H and O–H groups in total. The Kier molecular flexibility index (Phi) is 7.14. The molecule has 0 radical (unpaired) electrons. The highest BCUT2D eigenvalue weighted by Crippen LogP contribution is 2.48. The summed E-state index contributed by atoms with van der Waals surface area (Å²) in [6.07, 6.45) is 7.78. The molecule has 1 aliphatic carbocycles. The Morgan fingerprint density at radius 2 is 1.80 bits per heavy atom. The van der Waals surface area contributed by atoms with Gasteiger partial charge in [-0.2, -0.15) is 0 Å². The van der Waals surface area contributed by atoms with E-state index in [0.717, 1.165) is 0 Å². The fraction of sp³-hybridized carbons (Fsp3) is 0.625. The van der Waals surface area contributed by atoms with Gasteiger partial charge in [-0.05, 0) is 69.4 Å². The fourth-order valence-electron chi connectivity index (χ4n) is 3.00. The minimum Gasteiger partial charge on any atom is -0.309 e. The van der Waals surface area contributed by atoms with Crippen molar-refractivity contribution in [2.24, 2.45) is 0 Å². The van der Waals surface area contributed by atoms with E-state index in [9.17, 15) is 0 Å². The number of benzene rings is 1. The van der Waals surface area contributed by atoms with Crippen LogP contribution in [0.25, 0.3) is 0 Å². The summed E-state index contributed by atoms with van der Waals surface area (Å²) in [6.45, 7) is 1.18. The van der Waals surface area contributed by atoms with Crippen molar-refractivity contribution in [1.29, 1.82) is 0 Å². The predicted molar refractivity (Wildman–Crippen MR) is 91.6 cm³/mol. The van der Waals surface area contributed by atoms with Crippen molar-refractivity contribution in [3.05, 3.63) is 33.8 Å². The monoisotopic (exact) mass is 335 g/mol. The van der Waals surface area contributed by atoms with Crippen LogP contribution in [0.3, 0.4) is 0 Å². The van der Waals surface area contributed by atoms with Crippen molar-refractivity contribution in [1.82, 2.24) is 4.90 Å². The van der Waals surface area contributed by atoms with Gasteiger partial charge in [0, 0.05) is 0 Å². The molecule has 1 fully saturated rings.